The van der Waals surface area contributed by atoms with E-state index in [0.29, 0.717) is 31.3 Å². The van der Waals surface area contributed by atoms with Gasteiger partial charge in [-0.1, -0.05) is 17.7 Å². The van der Waals surface area contributed by atoms with Gasteiger partial charge in [0, 0.05) is 25.4 Å². The van der Waals surface area contributed by atoms with Gasteiger partial charge in [0.1, 0.15) is 11.5 Å². The molecule has 1 fully saturated rings. The van der Waals surface area contributed by atoms with E-state index in [1.165, 1.54) is 11.1 Å². The number of hydrogen-bond acceptors (Lipinski definition) is 5. The Morgan fingerprint density at radius 1 is 1.34 bits per heavy atom. The Balaban J connectivity index is 1.85. The van der Waals surface area contributed by atoms with Crippen molar-refractivity contribution < 1.29 is 22.9 Å². The van der Waals surface area contributed by atoms with Gasteiger partial charge in [-0.2, -0.15) is 13.2 Å². The van der Waals surface area contributed by atoms with Crippen LogP contribution in [0.5, 0.6) is 0 Å². The van der Waals surface area contributed by atoms with Gasteiger partial charge in [0.05, 0.1) is 21.4 Å². The Kier molecular flexibility index (Phi) is 5.92. The Morgan fingerprint density at radius 3 is 2.72 bits per heavy atom. The second-order valence-electron chi connectivity index (χ2n) is 6.57. The SMILES string of the molecule is O=C(Nc1ccccn1)[C@H]1CCCN(c2cc(Cl)c(C(F)(F)F)cc2[N+](=O)[O-])C1. The Morgan fingerprint density at radius 2 is 2.10 bits per heavy atom. The molecule has 0 spiro atoms. The predicted molar refractivity (Wildman–Crippen MR) is 101 cm³/mol. The number of aromatic nitrogens is 1. The third-order valence-corrected chi connectivity index (χ3v) is 4.93. The lowest BCUT2D eigenvalue weighted by molar-refractivity contribution is -0.384. The number of benzene rings is 1. The van der Waals surface area contributed by atoms with Gasteiger partial charge in [-0.05, 0) is 31.0 Å². The number of rotatable bonds is 4. The van der Waals surface area contributed by atoms with Crippen LogP contribution in [0.2, 0.25) is 5.02 Å². The molecule has 1 atom stereocenters. The first-order chi connectivity index (χ1) is 13.7. The number of amides is 1. The summed E-state index contributed by atoms with van der Waals surface area (Å²) in [6, 6.07) is 6.42. The van der Waals surface area contributed by atoms with E-state index in [0.717, 1.165) is 6.07 Å². The number of nitrogens with zero attached hydrogens (tertiary/aromatic N) is 3. The highest BCUT2D eigenvalue weighted by Gasteiger charge is 2.37. The van der Waals surface area contributed by atoms with Gasteiger partial charge in [-0.15, -0.1) is 0 Å². The number of nitro groups is 1. The second kappa shape index (κ2) is 8.24. The molecule has 1 aliphatic heterocycles. The summed E-state index contributed by atoms with van der Waals surface area (Å²) < 4.78 is 39.2. The zero-order chi connectivity index (χ0) is 21.2. The van der Waals surface area contributed by atoms with Crippen molar-refractivity contribution in [2.75, 3.05) is 23.3 Å². The van der Waals surface area contributed by atoms with E-state index < -0.39 is 33.3 Å². The molecular weight excluding hydrogens is 413 g/mol. The molecule has 154 valence electrons. The summed E-state index contributed by atoms with van der Waals surface area (Å²) in [6.45, 7) is 0.469. The number of carbonyl (C=O) groups is 1. The smallest absolute Gasteiger partial charge is 0.365 e. The Bertz CT molecular complexity index is 925. The molecule has 3 rings (SSSR count). The van der Waals surface area contributed by atoms with Crippen molar-refractivity contribution in [3.8, 4) is 0 Å². The molecule has 0 bridgehead atoms. The zero-order valence-electron chi connectivity index (χ0n) is 14.9. The molecule has 1 aromatic carbocycles. The first-order valence-electron chi connectivity index (χ1n) is 8.69. The Labute approximate surface area is 168 Å². The summed E-state index contributed by atoms with van der Waals surface area (Å²) in [6.07, 6.45) is -2.21. The van der Waals surface area contributed by atoms with Crippen molar-refractivity contribution in [1.29, 1.82) is 0 Å². The van der Waals surface area contributed by atoms with Gasteiger partial charge in [-0.25, -0.2) is 4.98 Å². The van der Waals surface area contributed by atoms with Gasteiger partial charge < -0.3 is 10.2 Å². The second-order valence-corrected chi connectivity index (χ2v) is 6.97. The average molecular weight is 429 g/mol. The minimum atomic E-state index is -4.81. The number of halogens is 4. The summed E-state index contributed by atoms with van der Waals surface area (Å²) in [5, 5.41) is 13.4. The van der Waals surface area contributed by atoms with Gasteiger partial charge in [0.2, 0.25) is 5.91 Å². The summed E-state index contributed by atoms with van der Waals surface area (Å²) in [7, 11) is 0. The van der Waals surface area contributed by atoms with Gasteiger partial charge in [0.15, 0.2) is 0 Å². The molecule has 1 aromatic heterocycles. The van der Waals surface area contributed by atoms with Crippen molar-refractivity contribution in [3.63, 3.8) is 0 Å². The fraction of sp³-hybridized carbons (Fsp3) is 0.333. The van der Waals surface area contributed by atoms with Crippen molar-refractivity contribution in [2.45, 2.75) is 19.0 Å². The monoisotopic (exact) mass is 428 g/mol. The lowest BCUT2D eigenvalue weighted by Crippen LogP contribution is -2.41. The largest absolute Gasteiger partial charge is 0.418 e. The maximum absolute atomic E-state index is 13.1. The van der Waals surface area contributed by atoms with E-state index in [4.69, 9.17) is 11.6 Å². The lowest BCUT2D eigenvalue weighted by Gasteiger charge is -2.33. The van der Waals surface area contributed by atoms with E-state index in [-0.39, 0.29) is 18.1 Å². The predicted octanol–water partition coefficient (Wildman–Crippen LogP) is 4.52. The molecule has 0 saturated carbocycles. The van der Waals surface area contributed by atoms with Crippen LogP contribution >= 0.6 is 11.6 Å². The number of anilines is 2. The summed E-state index contributed by atoms with van der Waals surface area (Å²) in [5.41, 5.74) is -2.01. The third kappa shape index (κ3) is 4.76. The van der Waals surface area contributed by atoms with E-state index >= 15 is 0 Å². The van der Waals surface area contributed by atoms with E-state index in [2.05, 4.69) is 10.3 Å². The number of piperidine rings is 1. The van der Waals surface area contributed by atoms with Crippen molar-refractivity contribution in [1.82, 2.24) is 4.98 Å². The van der Waals surface area contributed by atoms with E-state index in [9.17, 15) is 28.1 Å². The lowest BCUT2D eigenvalue weighted by atomic mass is 9.96. The average Bonchev–Trinajstić information content (AvgIpc) is 2.67. The van der Waals surface area contributed by atoms with Crippen molar-refractivity contribution >= 4 is 34.7 Å². The molecule has 2 heterocycles. The Hall–Kier alpha value is -2.88. The molecule has 1 aliphatic rings. The topological polar surface area (TPSA) is 88.4 Å². The van der Waals surface area contributed by atoms with Gasteiger partial charge in [-0.3, -0.25) is 14.9 Å². The summed E-state index contributed by atoms with van der Waals surface area (Å²) in [5.74, 6) is -0.446. The van der Waals surface area contributed by atoms with E-state index in [1.54, 1.807) is 18.2 Å². The van der Waals surface area contributed by atoms with Gasteiger partial charge >= 0.3 is 6.18 Å². The zero-order valence-corrected chi connectivity index (χ0v) is 15.7. The number of nitro benzene ring substituents is 1. The minimum absolute atomic E-state index is 0.0386. The number of nitrogens with one attached hydrogen (secondary N) is 1. The van der Waals surface area contributed by atoms with Gasteiger partial charge in [0.25, 0.3) is 5.69 Å². The van der Waals surface area contributed by atoms with Crippen molar-refractivity contribution in [2.24, 2.45) is 5.92 Å². The van der Waals surface area contributed by atoms with E-state index in [1.807, 2.05) is 0 Å². The summed E-state index contributed by atoms with van der Waals surface area (Å²) in [4.78, 5) is 28.6. The molecule has 1 saturated heterocycles. The molecule has 2 aromatic rings. The molecule has 29 heavy (non-hydrogen) atoms. The molecule has 0 aliphatic carbocycles. The maximum atomic E-state index is 13.1. The van der Waals surface area contributed by atoms with Crippen LogP contribution in [-0.2, 0) is 11.0 Å². The molecule has 11 heteroatoms. The molecule has 0 radical (unpaired) electrons. The summed E-state index contributed by atoms with van der Waals surface area (Å²) >= 11 is 5.76. The highest BCUT2D eigenvalue weighted by atomic mass is 35.5. The number of carbonyl (C=O) groups excluding carboxylic acids is 1. The van der Waals surface area contributed by atoms with Crippen LogP contribution in [0.15, 0.2) is 36.5 Å². The van der Waals surface area contributed by atoms with Crippen LogP contribution in [0.4, 0.5) is 30.4 Å². The molecule has 1 amide bonds. The quantitative estimate of drug-likeness (QED) is 0.571. The highest BCUT2D eigenvalue weighted by Crippen LogP contribution is 2.42. The van der Waals surface area contributed by atoms with Crippen LogP contribution in [0.1, 0.15) is 18.4 Å². The first-order valence-corrected chi connectivity index (χ1v) is 9.06. The fourth-order valence-corrected chi connectivity index (χ4v) is 3.51. The van der Waals surface area contributed by atoms with Crippen LogP contribution in [0, 0.1) is 16.0 Å². The maximum Gasteiger partial charge on any atom is 0.418 e. The highest BCUT2D eigenvalue weighted by molar-refractivity contribution is 6.31. The third-order valence-electron chi connectivity index (χ3n) is 4.62. The van der Waals surface area contributed by atoms with Crippen LogP contribution in [-0.4, -0.2) is 28.9 Å². The standard InChI is InChI=1S/C18H16ClF3N4O3/c19-13-9-14(15(26(28)29)8-12(13)18(20,21)22)25-7-3-4-11(10-25)17(27)24-16-5-1-2-6-23-16/h1-2,5-6,8-9,11H,3-4,7,10H2,(H,23,24,27)/t11-/m0/s1. The molecular formula is C18H16ClF3N4O3. The van der Waals surface area contributed by atoms with Crippen molar-refractivity contribution in [3.05, 3.63) is 57.2 Å². The van der Waals surface area contributed by atoms with Crippen LogP contribution in [0.3, 0.4) is 0 Å². The van der Waals surface area contributed by atoms with Crippen LogP contribution < -0.4 is 10.2 Å². The first kappa shape index (κ1) is 20.8. The molecule has 1 N–H and O–H groups in total. The number of hydrogen-bond donors (Lipinski definition) is 1. The minimum Gasteiger partial charge on any atom is -0.365 e. The normalized spacial score (nSPS) is 17.1. The number of pyridine rings is 1. The fourth-order valence-electron chi connectivity index (χ4n) is 3.24. The number of alkyl halides is 3. The molecule has 0 unspecified atom stereocenters. The molecule has 7 nitrogen and oxygen atoms in total. The van der Waals surface area contributed by atoms with Crippen LogP contribution in [0.25, 0.3) is 0 Å².